The Morgan fingerprint density at radius 2 is 1.53 bits per heavy atom. The number of halogens is 1. The molecule has 2 aliphatic carbocycles. The third kappa shape index (κ3) is 6.18. The molecular weight excluding hydrogens is 498 g/mol. The predicted molar refractivity (Wildman–Crippen MR) is 144 cm³/mol. The standard InChI is InChI=1S/C26H34ClN5O3S/c1-16(24(33)29-18-8-4-2-5-9-18)32(20-14-12-17(27)13-15-20)26(35)23-21(28)22(31-36-23)25(34)30-19-10-6-3-7-11-19/h12-16,18-19H,2-11,28H2,1H3,(H,29,33)(H,30,34)/t16-/m0/s1. The lowest BCUT2D eigenvalue weighted by atomic mass is 9.95. The topological polar surface area (TPSA) is 117 Å². The van der Waals surface area contributed by atoms with Gasteiger partial charge in [0.1, 0.15) is 10.9 Å². The van der Waals surface area contributed by atoms with E-state index in [9.17, 15) is 14.4 Å². The van der Waals surface area contributed by atoms with Crippen LogP contribution >= 0.6 is 23.1 Å². The molecule has 1 heterocycles. The minimum Gasteiger partial charge on any atom is -0.395 e. The van der Waals surface area contributed by atoms with Gasteiger partial charge in [-0.3, -0.25) is 19.3 Å². The first-order valence-electron chi connectivity index (χ1n) is 12.8. The van der Waals surface area contributed by atoms with E-state index in [-0.39, 0.29) is 40.2 Å². The number of nitrogens with one attached hydrogen (secondary N) is 2. The number of nitrogens with zero attached hydrogens (tertiary/aromatic N) is 2. The van der Waals surface area contributed by atoms with Gasteiger partial charge in [-0.05, 0) is 68.4 Å². The average Bonchev–Trinajstić information content (AvgIpc) is 3.27. The molecule has 4 N–H and O–H groups in total. The molecule has 0 radical (unpaired) electrons. The average molecular weight is 532 g/mol. The Labute approximate surface area is 221 Å². The van der Waals surface area contributed by atoms with E-state index >= 15 is 0 Å². The number of aromatic nitrogens is 1. The quantitative estimate of drug-likeness (QED) is 0.468. The first-order valence-corrected chi connectivity index (χ1v) is 14.0. The van der Waals surface area contributed by atoms with E-state index in [1.807, 2.05) is 0 Å². The van der Waals surface area contributed by atoms with Gasteiger partial charge in [0.15, 0.2) is 5.69 Å². The molecule has 2 aromatic rings. The van der Waals surface area contributed by atoms with Crippen molar-refractivity contribution in [1.29, 1.82) is 0 Å². The van der Waals surface area contributed by atoms with E-state index in [2.05, 4.69) is 15.0 Å². The summed E-state index contributed by atoms with van der Waals surface area (Å²) in [6.07, 6.45) is 10.4. The molecule has 0 unspecified atom stereocenters. The van der Waals surface area contributed by atoms with Crippen molar-refractivity contribution in [3.05, 3.63) is 39.9 Å². The summed E-state index contributed by atoms with van der Waals surface area (Å²) in [5, 5.41) is 6.63. The molecular formula is C26H34ClN5O3S. The first-order chi connectivity index (χ1) is 17.3. The molecule has 0 spiro atoms. The lowest BCUT2D eigenvalue weighted by Gasteiger charge is -2.31. The molecule has 0 saturated heterocycles. The van der Waals surface area contributed by atoms with Gasteiger partial charge in [-0.2, -0.15) is 4.37 Å². The van der Waals surface area contributed by atoms with Crippen molar-refractivity contribution in [2.45, 2.75) is 89.3 Å². The summed E-state index contributed by atoms with van der Waals surface area (Å²) in [5.41, 5.74) is 6.90. The number of anilines is 2. The van der Waals surface area contributed by atoms with E-state index in [4.69, 9.17) is 17.3 Å². The molecule has 2 aliphatic rings. The van der Waals surface area contributed by atoms with E-state index < -0.39 is 11.9 Å². The Bertz CT molecular complexity index is 1080. The van der Waals surface area contributed by atoms with Gasteiger partial charge in [0.2, 0.25) is 5.91 Å². The molecule has 1 atom stereocenters. The minimum atomic E-state index is -0.804. The molecule has 0 aliphatic heterocycles. The maximum Gasteiger partial charge on any atom is 0.273 e. The molecule has 194 valence electrons. The number of carbonyl (C=O) groups excluding carboxylic acids is 3. The highest BCUT2D eigenvalue weighted by Crippen LogP contribution is 2.29. The zero-order valence-corrected chi connectivity index (χ0v) is 22.2. The maximum absolute atomic E-state index is 13.8. The van der Waals surface area contributed by atoms with E-state index in [1.54, 1.807) is 31.2 Å². The fraction of sp³-hybridized carbons (Fsp3) is 0.538. The lowest BCUT2D eigenvalue weighted by Crippen LogP contribution is -2.51. The van der Waals surface area contributed by atoms with Gasteiger partial charge in [-0.25, -0.2) is 0 Å². The molecule has 2 saturated carbocycles. The molecule has 0 bridgehead atoms. The number of nitrogens with two attached hydrogens (primary N) is 1. The number of hydrogen-bond acceptors (Lipinski definition) is 6. The van der Waals surface area contributed by atoms with Crippen LogP contribution in [0.5, 0.6) is 0 Å². The SMILES string of the molecule is C[C@@H](C(=O)NC1CCCCC1)N(C(=O)c1snc(C(=O)NC2CCCCC2)c1N)c1ccc(Cl)cc1. The third-order valence-electron chi connectivity index (χ3n) is 7.12. The summed E-state index contributed by atoms with van der Waals surface area (Å²) in [5.74, 6) is -1.07. The fourth-order valence-electron chi connectivity index (χ4n) is 5.03. The van der Waals surface area contributed by atoms with Gasteiger partial charge in [0.25, 0.3) is 11.8 Å². The third-order valence-corrected chi connectivity index (χ3v) is 8.22. The van der Waals surface area contributed by atoms with Gasteiger partial charge in [0.05, 0.1) is 5.69 Å². The number of hydrogen-bond donors (Lipinski definition) is 3. The van der Waals surface area contributed by atoms with Crippen molar-refractivity contribution in [2.24, 2.45) is 0 Å². The number of rotatable bonds is 7. The summed E-state index contributed by atoms with van der Waals surface area (Å²) in [4.78, 5) is 41.4. The van der Waals surface area contributed by atoms with E-state index in [0.29, 0.717) is 10.7 Å². The number of benzene rings is 1. The van der Waals surface area contributed by atoms with Crippen LogP contribution in [0.25, 0.3) is 0 Å². The smallest absolute Gasteiger partial charge is 0.273 e. The minimum absolute atomic E-state index is 0.0390. The number of carbonyl (C=O) groups is 3. The van der Waals surface area contributed by atoms with Crippen LogP contribution in [0.1, 0.15) is 91.3 Å². The van der Waals surface area contributed by atoms with Gasteiger partial charge < -0.3 is 16.4 Å². The molecule has 3 amide bonds. The highest BCUT2D eigenvalue weighted by atomic mass is 35.5. The summed E-state index contributed by atoms with van der Waals surface area (Å²) >= 11 is 6.95. The summed E-state index contributed by atoms with van der Waals surface area (Å²) in [6, 6.07) is 6.13. The predicted octanol–water partition coefficient (Wildman–Crippen LogP) is 4.93. The van der Waals surface area contributed by atoms with Gasteiger partial charge >= 0.3 is 0 Å². The van der Waals surface area contributed by atoms with Crippen molar-refractivity contribution in [3.8, 4) is 0 Å². The van der Waals surface area contributed by atoms with Crippen LogP contribution in [0, 0.1) is 0 Å². The van der Waals surface area contributed by atoms with Crippen LogP contribution in [-0.2, 0) is 4.79 Å². The van der Waals surface area contributed by atoms with Crippen molar-refractivity contribution in [1.82, 2.24) is 15.0 Å². The zero-order chi connectivity index (χ0) is 25.7. The number of amides is 3. The van der Waals surface area contributed by atoms with Crippen LogP contribution in [0.2, 0.25) is 5.02 Å². The van der Waals surface area contributed by atoms with Crippen molar-refractivity contribution >= 4 is 52.2 Å². The Morgan fingerprint density at radius 1 is 0.972 bits per heavy atom. The largest absolute Gasteiger partial charge is 0.395 e. The Hall–Kier alpha value is -2.65. The van der Waals surface area contributed by atoms with E-state index in [1.165, 1.54) is 17.7 Å². The van der Waals surface area contributed by atoms with Crippen LogP contribution in [0.3, 0.4) is 0 Å². The number of nitrogen functional groups attached to an aromatic ring is 1. The van der Waals surface area contributed by atoms with Crippen LogP contribution < -0.4 is 21.3 Å². The van der Waals surface area contributed by atoms with Crippen LogP contribution in [-0.4, -0.2) is 40.2 Å². The summed E-state index contributed by atoms with van der Waals surface area (Å²) in [7, 11) is 0. The lowest BCUT2D eigenvalue weighted by molar-refractivity contribution is -0.122. The molecule has 2 fully saturated rings. The second-order valence-corrected chi connectivity index (χ2v) is 11.0. The van der Waals surface area contributed by atoms with Crippen LogP contribution in [0.15, 0.2) is 24.3 Å². The molecule has 36 heavy (non-hydrogen) atoms. The van der Waals surface area contributed by atoms with Gasteiger partial charge in [0, 0.05) is 22.8 Å². The molecule has 10 heteroatoms. The zero-order valence-electron chi connectivity index (χ0n) is 20.6. The summed E-state index contributed by atoms with van der Waals surface area (Å²) < 4.78 is 4.23. The first kappa shape index (κ1) is 26.4. The monoisotopic (exact) mass is 531 g/mol. The van der Waals surface area contributed by atoms with Crippen molar-refractivity contribution < 1.29 is 14.4 Å². The molecule has 4 rings (SSSR count). The second-order valence-electron chi connectivity index (χ2n) is 9.75. The highest BCUT2D eigenvalue weighted by Gasteiger charge is 2.33. The maximum atomic E-state index is 13.8. The second kappa shape index (κ2) is 12.1. The van der Waals surface area contributed by atoms with Crippen LogP contribution in [0.4, 0.5) is 11.4 Å². The Balaban J connectivity index is 1.56. The van der Waals surface area contributed by atoms with Gasteiger partial charge in [-0.15, -0.1) is 0 Å². The highest BCUT2D eigenvalue weighted by molar-refractivity contribution is 7.09. The summed E-state index contributed by atoms with van der Waals surface area (Å²) in [6.45, 7) is 1.69. The normalized spacial score (nSPS) is 17.8. The molecule has 8 nitrogen and oxygen atoms in total. The van der Waals surface area contributed by atoms with Crippen molar-refractivity contribution in [2.75, 3.05) is 10.6 Å². The Kier molecular flexibility index (Phi) is 8.85. The molecule has 1 aromatic heterocycles. The fourth-order valence-corrected chi connectivity index (χ4v) is 5.89. The molecule has 1 aromatic carbocycles. The van der Waals surface area contributed by atoms with E-state index in [0.717, 1.165) is 62.9 Å². The van der Waals surface area contributed by atoms with Crippen molar-refractivity contribution in [3.63, 3.8) is 0 Å². The van der Waals surface area contributed by atoms with Gasteiger partial charge in [-0.1, -0.05) is 50.1 Å². The Morgan fingerprint density at radius 3 is 2.11 bits per heavy atom.